The van der Waals surface area contributed by atoms with E-state index >= 15 is 0 Å². The molecule has 2 heterocycles. The molecule has 1 amide bonds. The van der Waals surface area contributed by atoms with Gasteiger partial charge in [0.2, 0.25) is 5.91 Å². The number of hydrogen-bond donors (Lipinski definition) is 0. The van der Waals surface area contributed by atoms with Gasteiger partial charge in [0.25, 0.3) is 0 Å². The Bertz CT molecular complexity index is 561. The molecule has 1 aromatic carbocycles. The number of fused-ring (bicyclic) bond motifs is 1. The van der Waals surface area contributed by atoms with Crippen LogP contribution in [0.2, 0.25) is 0 Å². The highest BCUT2D eigenvalue weighted by molar-refractivity contribution is 7.10. The Morgan fingerprint density at radius 1 is 1.28 bits per heavy atom. The SMILES string of the molecule is CC(=O)N1Cc2sccc2C(c2ccccc2)C1. The molecule has 2 nitrogen and oxygen atoms in total. The van der Waals surface area contributed by atoms with Gasteiger partial charge in [0.1, 0.15) is 0 Å². The molecule has 2 aromatic rings. The van der Waals surface area contributed by atoms with Gasteiger partial charge in [-0.25, -0.2) is 0 Å². The molecule has 1 aromatic heterocycles. The number of rotatable bonds is 1. The van der Waals surface area contributed by atoms with Crippen molar-refractivity contribution in [2.75, 3.05) is 6.54 Å². The Labute approximate surface area is 111 Å². The van der Waals surface area contributed by atoms with Gasteiger partial charge in [-0.15, -0.1) is 11.3 Å². The lowest BCUT2D eigenvalue weighted by atomic mass is 9.88. The highest BCUT2D eigenvalue weighted by Gasteiger charge is 2.28. The van der Waals surface area contributed by atoms with E-state index < -0.39 is 0 Å². The van der Waals surface area contributed by atoms with Crippen molar-refractivity contribution in [2.45, 2.75) is 19.4 Å². The molecule has 3 rings (SSSR count). The summed E-state index contributed by atoms with van der Waals surface area (Å²) in [5, 5.41) is 2.13. The van der Waals surface area contributed by atoms with E-state index in [1.165, 1.54) is 16.0 Å². The largest absolute Gasteiger partial charge is 0.337 e. The van der Waals surface area contributed by atoms with E-state index in [1.54, 1.807) is 18.3 Å². The molecule has 0 fully saturated rings. The van der Waals surface area contributed by atoms with Crippen LogP contribution in [0.5, 0.6) is 0 Å². The summed E-state index contributed by atoms with van der Waals surface area (Å²) in [5.74, 6) is 0.486. The van der Waals surface area contributed by atoms with Crippen LogP contribution in [0, 0.1) is 0 Å². The van der Waals surface area contributed by atoms with Gasteiger partial charge >= 0.3 is 0 Å². The van der Waals surface area contributed by atoms with Crippen LogP contribution in [0.1, 0.15) is 28.8 Å². The number of amides is 1. The summed E-state index contributed by atoms with van der Waals surface area (Å²) in [6, 6.07) is 12.7. The summed E-state index contributed by atoms with van der Waals surface area (Å²) in [5.41, 5.74) is 2.69. The number of carbonyl (C=O) groups excluding carboxylic acids is 1. The second-order valence-electron chi connectivity index (χ2n) is 4.66. The van der Waals surface area contributed by atoms with Crippen LogP contribution in [0.25, 0.3) is 0 Å². The van der Waals surface area contributed by atoms with Gasteiger partial charge in [0, 0.05) is 24.3 Å². The molecule has 0 saturated carbocycles. The summed E-state index contributed by atoms with van der Waals surface area (Å²) in [6.07, 6.45) is 0. The molecule has 0 bridgehead atoms. The van der Waals surface area contributed by atoms with Crippen LogP contribution in [-0.4, -0.2) is 17.4 Å². The zero-order valence-electron chi connectivity index (χ0n) is 10.3. The van der Waals surface area contributed by atoms with Gasteiger partial charge in [-0.05, 0) is 22.6 Å². The molecular weight excluding hydrogens is 242 g/mol. The molecular formula is C15H15NOS. The van der Waals surface area contributed by atoms with Gasteiger partial charge in [0.15, 0.2) is 0 Å². The lowest BCUT2D eigenvalue weighted by Gasteiger charge is -2.32. The first-order valence-corrected chi connectivity index (χ1v) is 7.00. The van der Waals surface area contributed by atoms with Crippen molar-refractivity contribution in [3.8, 4) is 0 Å². The Morgan fingerprint density at radius 2 is 2.06 bits per heavy atom. The monoisotopic (exact) mass is 257 g/mol. The molecule has 1 unspecified atom stereocenters. The molecule has 0 N–H and O–H groups in total. The maximum atomic E-state index is 11.6. The Hall–Kier alpha value is -1.61. The fourth-order valence-corrected chi connectivity index (χ4v) is 3.51. The molecule has 0 aliphatic carbocycles. The van der Waals surface area contributed by atoms with Crippen molar-refractivity contribution in [1.29, 1.82) is 0 Å². The van der Waals surface area contributed by atoms with E-state index in [-0.39, 0.29) is 5.91 Å². The second kappa shape index (κ2) is 4.58. The minimum absolute atomic E-state index is 0.162. The predicted molar refractivity (Wildman–Crippen MR) is 73.7 cm³/mol. The first-order chi connectivity index (χ1) is 8.75. The van der Waals surface area contributed by atoms with Crippen LogP contribution >= 0.6 is 11.3 Å². The summed E-state index contributed by atoms with van der Waals surface area (Å²) >= 11 is 1.75. The standard InChI is InChI=1S/C15H15NOS/c1-11(17)16-9-14(12-5-3-2-4-6-12)13-7-8-18-15(13)10-16/h2-8,14H,9-10H2,1H3. The second-order valence-corrected chi connectivity index (χ2v) is 5.66. The lowest BCUT2D eigenvalue weighted by Crippen LogP contribution is -2.36. The van der Waals surface area contributed by atoms with Crippen molar-refractivity contribution < 1.29 is 4.79 Å². The molecule has 18 heavy (non-hydrogen) atoms. The first-order valence-electron chi connectivity index (χ1n) is 6.12. The minimum atomic E-state index is 0.162. The normalized spacial score (nSPS) is 18.5. The maximum absolute atomic E-state index is 11.6. The minimum Gasteiger partial charge on any atom is -0.337 e. The zero-order valence-corrected chi connectivity index (χ0v) is 11.1. The van der Waals surface area contributed by atoms with Crippen LogP contribution in [0.4, 0.5) is 0 Å². The van der Waals surface area contributed by atoms with Crippen LogP contribution in [-0.2, 0) is 11.3 Å². The van der Waals surface area contributed by atoms with E-state index in [0.29, 0.717) is 5.92 Å². The van der Waals surface area contributed by atoms with E-state index in [4.69, 9.17) is 0 Å². The number of carbonyl (C=O) groups is 1. The van der Waals surface area contributed by atoms with E-state index in [0.717, 1.165) is 13.1 Å². The molecule has 1 atom stereocenters. The number of hydrogen-bond acceptors (Lipinski definition) is 2. The third-order valence-electron chi connectivity index (χ3n) is 3.54. The van der Waals surface area contributed by atoms with Crippen molar-refractivity contribution in [2.24, 2.45) is 0 Å². The fraction of sp³-hybridized carbons (Fsp3) is 0.267. The van der Waals surface area contributed by atoms with E-state index in [1.807, 2.05) is 11.0 Å². The zero-order chi connectivity index (χ0) is 12.5. The molecule has 1 aliphatic rings. The number of benzene rings is 1. The Balaban J connectivity index is 2.02. The van der Waals surface area contributed by atoms with Gasteiger partial charge in [0.05, 0.1) is 6.54 Å². The highest BCUT2D eigenvalue weighted by Crippen LogP contribution is 2.36. The van der Waals surface area contributed by atoms with Gasteiger partial charge in [-0.1, -0.05) is 30.3 Å². The van der Waals surface area contributed by atoms with Gasteiger partial charge < -0.3 is 4.90 Å². The lowest BCUT2D eigenvalue weighted by molar-refractivity contribution is -0.129. The summed E-state index contributed by atoms with van der Waals surface area (Å²) in [7, 11) is 0. The molecule has 1 aliphatic heterocycles. The van der Waals surface area contributed by atoms with Crippen LogP contribution in [0.15, 0.2) is 41.8 Å². The molecule has 3 heteroatoms. The Morgan fingerprint density at radius 3 is 2.78 bits per heavy atom. The van der Waals surface area contributed by atoms with E-state index in [9.17, 15) is 4.79 Å². The predicted octanol–water partition coefficient (Wildman–Crippen LogP) is 3.24. The number of thiophene rings is 1. The Kier molecular flexibility index (Phi) is 2.92. The van der Waals surface area contributed by atoms with Gasteiger partial charge in [-0.3, -0.25) is 4.79 Å². The summed E-state index contributed by atoms with van der Waals surface area (Å²) in [4.78, 5) is 14.9. The maximum Gasteiger partial charge on any atom is 0.219 e. The van der Waals surface area contributed by atoms with Crippen molar-refractivity contribution in [3.05, 3.63) is 57.8 Å². The quantitative estimate of drug-likeness (QED) is 0.768. The summed E-state index contributed by atoms with van der Waals surface area (Å²) in [6.45, 7) is 3.22. The highest BCUT2D eigenvalue weighted by atomic mass is 32.1. The average Bonchev–Trinajstić information content (AvgIpc) is 2.86. The average molecular weight is 257 g/mol. The molecule has 92 valence electrons. The van der Waals surface area contributed by atoms with E-state index in [2.05, 4.69) is 35.7 Å². The smallest absolute Gasteiger partial charge is 0.219 e. The third-order valence-corrected chi connectivity index (χ3v) is 4.46. The van der Waals surface area contributed by atoms with Crippen LogP contribution < -0.4 is 0 Å². The topological polar surface area (TPSA) is 20.3 Å². The third kappa shape index (κ3) is 1.95. The van der Waals surface area contributed by atoms with Crippen molar-refractivity contribution >= 4 is 17.2 Å². The van der Waals surface area contributed by atoms with Crippen molar-refractivity contribution in [3.63, 3.8) is 0 Å². The molecule has 0 radical (unpaired) electrons. The first kappa shape index (κ1) is 11.5. The van der Waals surface area contributed by atoms with Gasteiger partial charge in [-0.2, -0.15) is 0 Å². The molecule has 0 spiro atoms. The molecule has 0 saturated heterocycles. The number of nitrogens with zero attached hydrogens (tertiary/aromatic N) is 1. The fourth-order valence-electron chi connectivity index (χ4n) is 2.56. The summed E-state index contributed by atoms with van der Waals surface area (Å²) < 4.78 is 0. The van der Waals surface area contributed by atoms with Crippen LogP contribution in [0.3, 0.4) is 0 Å². The van der Waals surface area contributed by atoms with Crippen molar-refractivity contribution in [1.82, 2.24) is 4.90 Å².